The van der Waals surface area contributed by atoms with Crippen LogP contribution in [0.1, 0.15) is 13.8 Å². The maximum absolute atomic E-state index is 12.4. The summed E-state index contributed by atoms with van der Waals surface area (Å²) in [5.74, 6) is 0.111. The van der Waals surface area contributed by atoms with Gasteiger partial charge in [0.1, 0.15) is 5.75 Å². The summed E-state index contributed by atoms with van der Waals surface area (Å²) in [5, 5.41) is 17.3. The van der Waals surface area contributed by atoms with Crippen LogP contribution in [0.2, 0.25) is 5.02 Å². The van der Waals surface area contributed by atoms with Gasteiger partial charge >= 0.3 is 6.03 Å². The lowest BCUT2D eigenvalue weighted by atomic mass is 10.1. The normalized spacial score (nSPS) is 10.6. The molecule has 140 valence electrons. The molecule has 27 heavy (non-hydrogen) atoms. The van der Waals surface area contributed by atoms with Crippen LogP contribution in [-0.4, -0.2) is 24.2 Å². The zero-order valence-electron chi connectivity index (χ0n) is 15.3. The Morgan fingerprint density at radius 1 is 1.00 bits per heavy atom. The molecule has 3 aromatic rings. The number of anilines is 3. The molecule has 5 nitrogen and oxygen atoms in total. The number of benzene rings is 3. The van der Waals surface area contributed by atoms with Crippen molar-refractivity contribution in [2.24, 2.45) is 0 Å². The Balaban J connectivity index is 1.77. The second-order valence-electron chi connectivity index (χ2n) is 6.13. The third kappa shape index (κ3) is 4.26. The van der Waals surface area contributed by atoms with E-state index in [0.29, 0.717) is 21.8 Å². The standard InChI is InChI=1S/C21H22ClN3O2/c1-3-25(4-2)16-9-7-15(8-10-16)23-21(27)24-20-18-13-17(26)11-5-14(18)6-12-19(20)22/h5-13,26H,3-4H2,1-2H3,(H2,23,24,27). The third-order valence-electron chi connectivity index (χ3n) is 4.45. The number of hydrogen-bond donors (Lipinski definition) is 3. The number of nitrogens with one attached hydrogen (secondary N) is 2. The van der Waals surface area contributed by atoms with Crippen molar-refractivity contribution in [3.05, 3.63) is 59.6 Å². The first-order valence-corrected chi connectivity index (χ1v) is 9.24. The fraction of sp³-hybridized carbons (Fsp3) is 0.190. The summed E-state index contributed by atoms with van der Waals surface area (Å²) in [5.41, 5.74) is 2.25. The number of carbonyl (C=O) groups excluding carboxylic acids is 1. The van der Waals surface area contributed by atoms with Crippen molar-refractivity contribution < 1.29 is 9.90 Å². The molecule has 0 aromatic heterocycles. The average molecular weight is 384 g/mol. The molecule has 3 aromatic carbocycles. The minimum absolute atomic E-state index is 0.111. The molecule has 0 aliphatic carbocycles. The number of nitrogens with zero attached hydrogens (tertiary/aromatic N) is 1. The summed E-state index contributed by atoms with van der Waals surface area (Å²) in [6.45, 7) is 6.07. The van der Waals surface area contributed by atoms with E-state index in [2.05, 4.69) is 29.4 Å². The van der Waals surface area contributed by atoms with E-state index in [4.69, 9.17) is 11.6 Å². The molecular weight excluding hydrogens is 362 g/mol. The van der Waals surface area contributed by atoms with Gasteiger partial charge in [0.25, 0.3) is 0 Å². The molecule has 0 saturated carbocycles. The molecule has 0 unspecified atom stereocenters. The van der Waals surface area contributed by atoms with Crippen LogP contribution in [0.3, 0.4) is 0 Å². The Bertz CT molecular complexity index is 948. The molecule has 0 atom stereocenters. The summed E-state index contributed by atoms with van der Waals surface area (Å²) < 4.78 is 0. The largest absolute Gasteiger partial charge is 0.508 e. The summed E-state index contributed by atoms with van der Waals surface area (Å²) in [4.78, 5) is 14.7. The Morgan fingerprint density at radius 2 is 1.67 bits per heavy atom. The van der Waals surface area contributed by atoms with Gasteiger partial charge in [-0.25, -0.2) is 4.79 Å². The molecule has 3 N–H and O–H groups in total. The summed E-state index contributed by atoms with van der Waals surface area (Å²) >= 11 is 6.26. The van der Waals surface area contributed by atoms with Crippen molar-refractivity contribution in [3.63, 3.8) is 0 Å². The molecule has 0 saturated heterocycles. The summed E-state index contributed by atoms with van der Waals surface area (Å²) in [6.07, 6.45) is 0. The number of carbonyl (C=O) groups is 1. The van der Waals surface area contributed by atoms with Crippen molar-refractivity contribution in [2.45, 2.75) is 13.8 Å². The molecule has 0 heterocycles. The zero-order valence-corrected chi connectivity index (χ0v) is 16.0. The SMILES string of the molecule is CCN(CC)c1ccc(NC(=O)Nc2c(Cl)ccc3ccc(O)cc23)cc1. The van der Waals surface area contributed by atoms with Crippen LogP contribution in [0.15, 0.2) is 54.6 Å². The number of amides is 2. The first kappa shape index (κ1) is 18.9. The van der Waals surface area contributed by atoms with Gasteiger partial charge in [0.2, 0.25) is 0 Å². The molecule has 0 spiro atoms. The van der Waals surface area contributed by atoms with Crippen molar-refractivity contribution in [3.8, 4) is 5.75 Å². The van der Waals surface area contributed by atoms with Gasteiger partial charge in [0.15, 0.2) is 0 Å². The number of phenols is 1. The maximum Gasteiger partial charge on any atom is 0.323 e. The number of rotatable bonds is 5. The molecule has 0 bridgehead atoms. The zero-order chi connectivity index (χ0) is 19.4. The van der Waals surface area contributed by atoms with Gasteiger partial charge in [-0.2, -0.15) is 0 Å². The van der Waals surface area contributed by atoms with Gasteiger partial charge in [-0.15, -0.1) is 0 Å². The number of aromatic hydroxyl groups is 1. The van der Waals surface area contributed by atoms with E-state index in [9.17, 15) is 9.90 Å². The lowest BCUT2D eigenvalue weighted by Gasteiger charge is -2.21. The Kier molecular flexibility index (Phi) is 5.72. The first-order valence-electron chi connectivity index (χ1n) is 8.86. The highest BCUT2D eigenvalue weighted by atomic mass is 35.5. The van der Waals surface area contributed by atoms with Crippen molar-refractivity contribution in [1.29, 1.82) is 0 Å². The first-order chi connectivity index (χ1) is 13.0. The molecule has 6 heteroatoms. The van der Waals surface area contributed by atoms with Gasteiger partial charge in [-0.05, 0) is 61.7 Å². The molecule has 3 rings (SSSR count). The lowest BCUT2D eigenvalue weighted by Crippen LogP contribution is -2.22. The molecule has 0 aliphatic heterocycles. The van der Waals surface area contributed by atoms with Crippen LogP contribution in [0, 0.1) is 0 Å². The van der Waals surface area contributed by atoms with E-state index in [-0.39, 0.29) is 5.75 Å². The monoisotopic (exact) mass is 383 g/mol. The predicted octanol–water partition coefficient (Wildman–Crippen LogP) is 5.69. The van der Waals surface area contributed by atoms with E-state index >= 15 is 0 Å². The number of halogens is 1. The minimum Gasteiger partial charge on any atom is -0.508 e. The molecule has 2 amide bonds. The number of phenolic OH excluding ortho intramolecular Hbond substituents is 1. The highest BCUT2D eigenvalue weighted by molar-refractivity contribution is 6.35. The second-order valence-corrected chi connectivity index (χ2v) is 6.53. The Labute approximate surface area is 163 Å². The van der Waals surface area contributed by atoms with E-state index in [0.717, 1.165) is 24.2 Å². The molecule has 0 aliphatic rings. The number of hydrogen-bond acceptors (Lipinski definition) is 3. The topological polar surface area (TPSA) is 64.6 Å². The smallest absolute Gasteiger partial charge is 0.323 e. The van der Waals surface area contributed by atoms with Crippen molar-refractivity contribution in [1.82, 2.24) is 0 Å². The number of urea groups is 1. The van der Waals surface area contributed by atoms with Crippen molar-refractivity contribution >= 4 is 45.5 Å². The van der Waals surface area contributed by atoms with Gasteiger partial charge < -0.3 is 20.6 Å². The fourth-order valence-electron chi connectivity index (χ4n) is 3.03. The Hall–Kier alpha value is -2.92. The fourth-order valence-corrected chi connectivity index (χ4v) is 3.24. The van der Waals surface area contributed by atoms with Crippen LogP contribution < -0.4 is 15.5 Å². The Morgan fingerprint density at radius 3 is 2.33 bits per heavy atom. The van der Waals surface area contributed by atoms with E-state index in [1.54, 1.807) is 24.3 Å². The molecule has 0 radical (unpaired) electrons. The van der Waals surface area contributed by atoms with Crippen LogP contribution in [0.5, 0.6) is 5.75 Å². The number of fused-ring (bicyclic) bond motifs is 1. The van der Waals surface area contributed by atoms with E-state index in [1.165, 1.54) is 0 Å². The quantitative estimate of drug-likeness (QED) is 0.530. The van der Waals surface area contributed by atoms with Crippen molar-refractivity contribution in [2.75, 3.05) is 28.6 Å². The lowest BCUT2D eigenvalue weighted by molar-refractivity contribution is 0.262. The highest BCUT2D eigenvalue weighted by Crippen LogP contribution is 2.33. The van der Waals surface area contributed by atoms with Gasteiger partial charge in [-0.3, -0.25) is 0 Å². The second kappa shape index (κ2) is 8.18. The van der Waals surface area contributed by atoms with Gasteiger partial charge in [0.05, 0.1) is 10.7 Å². The van der Waals surface area contributed by atoms with Gasteiger partial charge in [0, 0.05) is 29.9 Å². The average Bonchev–Trinajstić information content (AvgIpc) is 2.66. The summed E-state index contributed by atoms with van der Waals surface area (Å²) in [7, 11) is 0. The van der Waals surface area contributed by atoms with Crippen LogP contribution in [0.25, 0.3) is 10.8 Å². The van der Waals surface area contributed by atoms with Crippen LogP contribution in [-0.2, 0) is 0 Å². The molecule has 0 fully saturated rings. The van der Waals surface area contributed by atoms with Crippen LogP contribution in [0.4, 0.5) is 21.9 Å². The molecular formula is C21H22ClN3O2. The summed E-state index contributed by atoms with van der Waals surface area (Å²) in [6, 6.07) is 15.8. The third-order valence-corrected chi connectivity index (χ3v) is 4.76. The van der Waals surface area contributed by atoms with E-state index in [1.807, 2.05) is 30.3 Å². The maximum atomic E-state index is 12.4. The highest BCUT2D eigenvalue weighted by Gasteiger charge is 2.11. The predicted molar refractivity (Wildman–Crippen MR) is 113 cm³/mol. The van der Waals surface area contributed by atoms with Gasteiger partial charge in [-0.1, -0.05) is 23.7 Å². The van der Waals surface area contributed by atoms with E-state index < -0.39 is 6.03 Å². The van der Waals surface area contributed by atoms with Crippen LogP contribution >= 0.6 is 11.6 Å². The minimum atomic E-state index is -0.400.